The molecule has 2 amide bonds. The molecule has 0 aliphatic heterocycles. The van der Waals surface area contributed by atoms with Crippen LogP contribution >= 0.6 is 0 Å². The van der Waals surface area contributed by atoms with Gasteiger partial charge in [0.2, 0.25) is 11.8 Å². The fourth-order valence-corrected chi connectivity index (χ4v) is 3.74. The Bertz CT molecular complexity index is 805. The molecule has 1 fully saturated rings. The summed E-state index contributed by atoms with van der Waals surface area (Å²) < 4.78 is 12.9. The molecule has 7 heteroatoms. The van der Waals surface area contributed by atoms with Crippen LogP contribution in [0.5, 0.6) is 0 Å². The van der Waals surface area contributed by atoms with Crippen LogP contribution in [0, 0.1) is 17.7 Å². The molecule has 1 saturated carbocycles. The lowest BCUT2D eigenvalue weighted by Gasteiger charge is -2.31. The number of amides is 2. The second kappa shape index (κ2) is 10.1. The van der Waals surface area contributed by atoms with E-state index >= 15 is 0 Å². The van der Waals surface area contributed by atoms with Crippen LogP contribution in [0.1, 0.15) is 31.2 Å². The van der Waals surface area contributed by atoms with Crippen molar-refractivity contribution in [2.75, 3.05) is 11.9 Å². The van der Waals surface area contributed by atoms with Crippen LogP contribution < -0.4 is 16.4 Å². The summed E-state index contributed by atoms with van der Waals surface area (Å²) >= 11 is 0. The van der Waals surface area contributed by atoms with E-state index in [1.807, 2.05) is 0 Å². The Labute approximate surface area is 170 Å². The summed E-state index contributed by atoms with van der Waals surface area (Å²) in [5, 5.41) is 5.80. The summed E-state index contributed by atoms with van der Waals surface area (Å²) in [6, 6.07) is 9.30. The number of hydrogen-bond donors (Lipinski definition) is 3. The first-order valence-electron chi connectivity index (χ1n) is 9.99. The molecule has 1 heterocycles. The molecular formula is C22H27FN4O2. The number of pyridine rings is 1. The predicted molar refractivity (Wildman–Crippen MR) is 109 cm³/mol. The summed E-state index contributed by atoms with van der Waals surface area (Å²) in [4.78, 5) is 28.4. The minimum absolute atomic E-state index is 0.0142. The third kappa shape index (κ3) is 6.35. The fraction of sp³-hybridized carbons (Fsp3) is 0.409. The number of rotatable bonds is 7. The Morgan fingerprint density at radius 3 is 2.38 bits per heavy atom. The topological polar surface area (TPSA) is 97.1 Å². The van der Waals surface area contributed by atoms with E-state index in [-0.39, 0.29) is 41.9 Å². The minimum atomic E-state index is -0.318. The standard InChI is InChI=1S/C22H27FN4O2/c23-18-7-1-15(2-8-18)13-21(28)26-14-20(24)16-3-5-17(6-4-16)22(29)27-19-9-11-25-12-10-19/h1-2,7-12,16-17,20H,3-6,13-14,24H2,(H,26,28)(H,25,27,29). The van der Waals surface area contributed by atoms with Crippen molar-refractivity contribution in [2.24, 2.45) is 17.6 Å². The molecule has 1 aliphatic rings. The Kier molecular flexibility index (Phi) is 7.30. The van der Waals surface area contributed by atoms with Gasteiger partial charge in [-0.1, -0.05) is 12.1 Å². The molecule has 154 valence electrons. The van der Waals surface area contributed by atoms with E-state index in [2.05, 4.69) is 15.6 Å². The Morgan fingerprint density at radius 1 is 1.07 bits per heavy atom. The lowest BCUT2D eigenvalue weighted by atomic mass is 9.78. The summed E-state index contributed by atoms with van der Waals surface area (Å²) in [5.74, 6) is -0.139. The molecule has 0 radical (unpaired) electrons. The van der Waals surface area contributed by atoms with Gasteiger partial charge in [0, 0.05) is 36.6 Å². The van der Waals surface area contributed by atoms with E-state index in [1.165, 1.54) is 12.1 Å². The van der Waals surface area contributed by atoms with Crippen molar-refractivity contribution in [2.45, 2.75) is 38.1 Å². The molecule has 0 spiro atoms. The van der Waals surface area contributed by atoms with Gasteiger partial charge in [0.15, 0.2) is 0 Å². The summed E-state index contributed by atoms with van der Waals surface area (Å²) in [5.41, 5.74) is 7.80. The Balaban J connectivity index is 1.38. The molecule has 6 nitrogen and oxygen atoms in total. The van der Waals surface area contributed by atoms with Gasteiger partial charge in [0.25, 0.3) is 0 Å². The number of carbonyl (C=O) groups excluding carboxylic acids is 2. The van der Waals surface area contributed by atoms with E-state index in [1.54, 1.807) is 36.7 Å². The molecule has 1 aromatic heterocycles. The van der Waals surface area contributed by atoms with E-state index < -0.39 is 0 Å². The molecule has 2 aromatic rings. The quantitative estimate of drug-likeness (QED) is 0.668. The molecule has 4 N–H and O–H groups in total. The molecule has 1 aliphatic carbocycles. The van der Waals surface area contributed by atoms with Crippen molar-refractivity contribution in [3.05, 3.63) is 60.2 Å². The van der Waals surface area contributed by atoms with Crippen molar-refractivity contribution < 1.29 is 14.0 Å². The van der Waals surface area contributed by atoms with Crippen LogP contribution in [0.15, 0.2) is 48.8 Å². The SMILES string of the molecule is NC(CNC(=O)Cc1ccc(F)cc1)C1CCC(C(=O)Nc2ccncc2)CC1. The number of hydrogen-bond acceptors (Lipinski definition) is 4. The van der Waals surface area contributed by atoms with Gasteiger partial charge < -0.3 is 16.4 Å². The number of nitrogens with one attached hydrogen (secondary N) is 2. The zero-order valence-corrected chi connectivity index (χ0v) is 16.3. The number of aromatic nitrogens is 1. The molecule has 1 atom stereocenters. The van der Waals surface area contributed by atoms with Crippen molar-refractivity contribution in [3.8, 4) is 0 Å². The van der Waals surface area contributed by atoms with Crippen molar-refractivity contribution in [3.63, 3.8) is 0 Å². The normalized spacial score (nSPS) is 19.9. The van der Waals surface area contributed by atoms with Gasteiger partial charge in [-0.2, -0.15) is 0 Å². The van der Waals surface area contributed by atoms with Gasteiger partial charge in [-0.05, 0) is 61.4 Å². The highest BCUT2D eigenvalue weighted by Crippen LogP contribution is 2.31. The maximum absolute atomic E-state index is 12.9. The molecular weight excluding hydrogens is 371 g/mol. The number of halogens is 1. The lowest BCUT2D eigenvalue weighted by molar-refractivity contribution is -0.121. The summed E-state index contributed by atoms with van der Waals surface area (Å²) in [6.45, 7) is 0.401. The van der Waals surface area contributed by atoms with E-state index in [4.69, 9.17) is 5.73 Å². The first-order valence-corrected chi connectivity index (χ1v) is 9.99. The molecule has 0 saturated heterocycles. The van der Waals surface area contributed by atoms with Crippen molar-refractivity contribution in [1.82, 2.24) is 10.3 Å². The zero-order chi connectivity index (χ0) is 20.6. The van der Waals surface area contributed by atoms with Gasteiger partial charge in [0.05, 0.1) is 6.42 Å². The first-order chi connectivity index (χ1) is 14.0. The molecule has 3 rings (SSSR count). The maximum atomic E-state index is 12.9. The van der Waals surface area contributed by atoms with E-state index in [0.717, 1.165) is 36.9 Å². The highest BCUT2D eigenvalue weighted by molar-refractivity contribution is 5.92. The summed E-state index contributed by atoms with van der Waals surface area (Å²) in [6.07, 6.45) is 6.81. The first kappa shape index (κ1) is 20.9. The van der Waals surface area contributed by atoms with Crippen LogP contribution in [0.2, 0.25) is 0 Å². The van der Waals surface area contributed by atoms with Crippen LogP contribution in [-0.2, 0) is 16.0 Å². The molecule has 0 bridgehead atoms. The molecule has 29 heavy (non-hydrogen) atoms. The third-order valence-corrected chi connectivity index (χ3v) is 5.51. The predicted octanol–water partition coefficient (Wildman–Crippen LogP) is 2.65. The van der Waals surface area contributed by atoms with Crippen LogP contribution in [0.25, 0.3) is 0 Å². The highest BCUT2D eigenvalue weighted by atomic mass is 19.1. The van der Waals surface area contributed by atoms with Crippen LogP contribution in [-0.4, -0.2) is 29.4 Å². The number of benzene rings is 1. The average Bonchev–Trinajstić information content (AvgIpc) is 2.74. The van der Waals surface area contributed by atoms with Gasteiger partial charge in [-0.15, -0.1) is 0 Å². The van der Waals surface area contributed by atoms with Crippen molar-refractivity contribution >= 4 is 17.5 Å². The average molecular weight is 398 g/mol. The Morgan fingerprint density at radius 2 is 1.72 bits per heavy atom. The number of carbonyl (C=O) groups is 2. The molecule has 1 aromatic carbocycles. The smallest absolute Gasteiger partial charge is 0.227 e. The highest BCUT2D eigenvalue weighted by Gasteiger charge is 2.29. The van der Waals surface area contributed by atoms with Crippen LogP contribution in [0.4, 0.5) is 10.1 Å². The van der Waals surface area contributed by atoms with Gasteiger partial charge >= 0.3 is 0 Å². The third-order valence-electron chi connectivity index (χ3n) is 5.51. The maximum Gasteiger partial charge on any atom is 0.227 e. The number of nitrogens with zero attached hydrogens (tertiary/aromatic N) is 1. The monoisotopic (exact) mass is 398 g/mol. The zero-order valence-electron chi connectivity index (χ0n) is 16.3. The number of anilines is 1. The minimum Gasteiger partial charge on any atom is -0.354 e. The van der Waals surface area contributed by atoms with Gasteiger partial charge in [-0.3, -0.25) is 14.6 Å². The summed E-state index contributed by atoms with van der Waals surface area (Å²) in [7, 11) is 0. The van der Waals surface area contributed by atoms with Crippen LogP contribution in [0.3, 0.4) is 0 Å². The van der Waals surface area contributed by atoms with E-state index in [0.29, 0.717) is 6.54 Å². The second-order valence-electron chi connectivity index (χ2n) is 7.61. The second-order valence-corrected chi connectivity index (χ2v) is 7.61. The lowest BCUT2D eigenvalue weighted by Crippen LogP contribution is -2.44. The fourth-order valence-electron chi connectivity index (χ4n) is 3.74. The largest absolute Gasteiger partial charge is 0.354 e. The van der Waals surface area contributed by atoms with E-state index in [9.17, 15) is 14.0 Å². The van der Waals surface area contributed by atoms with Gasteiger partial charge in [-0.25, -0.2) is 4.39 Å². The van der Waals surface area contributed by atoms with Crippen molar-refractivity contribution in [1.29, 1.82) is 0 Å². The Hall–Kier alpha value is -2.80. The number of nitrogens with two attached hydrogens (primary N) is 1. The van der Waals surface area contributed by atoms with Gasteiger partial charge in [0.1, 0.15) is 5.82 Å². The molecule has 1 unspecified atom stereocenters.